The first-order valence-electron chi connectivity index (χ1n) is 11.8. The zero-order valence-electron chi connectivity index (χ0n) is 20.1. The number of allylic oxidation sites excluding steroid dienone is 1. The van der Waals surface area contributed by atoms with E-state index in [4.69, 9.17) is 4.74 Å². The Bertz CT molecular complexity index is 1050. The lowest BCUT2D eigenvalue weighted by Crippen LogP contribution is -2.39. The maximum Gasteiger partial charge on any atom is 0.119 e. The van der Waals surface area contributed by atoms with Crippen molar-refractivity contribution < 1.29 is 8.95 Å². The average molecular weight is 479 g/mol. The van der Waals surface area contributed by atoms with Crippen LogP contribution in [0, 0.1) is 18.3 Å². The first-order chi connectivity index (χ1) is 16.5. The Morgan fingerprint density at radius 1 is 1.29 bits per heavy atom. The molecular weight excluding hydrogens is 444 g/mol. The van der Waals surface area contributed by atoms with Crippen LogP contribution in [0.3, 0.4) is 0 Å². The highest BCUT2D eigenvalue weighted by Crippen LogP contribution is 2.24. The molecule has 0 aliphatic carbocycles. The summed E-state index contributed by atoms with van der Waals surface area (Å²) in [4.78, 5) is 6.76. The fourth-order valence-electron chi connectivity index (χ4n) is 3.87. The van der Waals surface area contributed by atoms with Gasteiger partial charge in [-0.05, 0) is 49.2 Å². The van der Waals surface area contributed by atoms with Crippen molar-refractivity contribution in [2.45, 2.75) is 32.7 Å². The molecule has 34 heavy (non-hydrogen) atoms. The summed E-state index contributed by atoms with van der Waals surface area (Å²) in [6, 6.07) is 16.1. The number of hydrogen-bond donors (Lipinski definition) is 1. The van der Waals surface area contributed by atoms with Gasteiger partial charge in [0.1, 0.15) is 18.4 Å². The fraction of sp³-hybridized carbons (Fsp3) is 0.407. The summed E-state index contributed by atoms with van der Waals surface area (Å²) in [5.74, 6) is 2.35. The number of nitriles is 1. The number of benzene rings is 1. The molecule has 1 aliphatic heterocycles. The SMILES string of the molecule is C=C(NC(CCC)c1ccc(OCCN2CCS(=O)CC2)cc1)/C(C#N)=C/c1cccc(C)n1. The number of aryl methyl sites for hydroxylation is 1. The smallest absolute Gasteiger partial charge is 0.119 e. The van der Waals surface area contributed by atoms with Crippen LogP contribution in [0.25, 0.3) is 6.08 Å². The normalized spacial score (nSPS) is 16.0. The molecule has 1 aromatic heterocycles. The van der Waals surface area contributed by atoms with Crippen LogP contribution in [0.1, 0.15) is 42.8 Å². The summed E-state index contributed by atoms with van der Waals surface area (Å²) in [5, 5.41) is 13.1. The lowest BCUT2D eigenvalue weighted by Gasteiger charge is -2.26. The zero-order valence-corrected chi connectivity index (χ0v) is 20.9. The highest BCUT2D eigenvalue weighted by Gasteiger charge is 2.16. The lowest BCUT2D eigenvalue weighted by atomic mass is 10.0. The minimum atomic E-state index is -0.650. The molecule has 1 unspecified atom stereocenters. The fourth-order valence-corrected chi connectivity index (χ4v) is 4.99. The van der Waals surface area contributed by atoms with Gasteiger partial charge < -0.3 is 10.1 Å². The number of rotatable bonds is 11. The van der Waals surface area contributed by atoms with Gasteiger partial charge in [-0.3, -0.25) is 14.1 Å². The third-order valence-electron chi connectivity index (χ3n) is 5.80. The second-order valence-corrected chi connectivity index (χ2v) is 10.1. The van der Waals surface area contributed by atoms with Crippen molar-refractivity contribution in [3.05, 3.63) is 77.3 Å². The number of hydrogen-bond acceptors (Lipinski definition) is 6. The van der Waals surface area contributed by atoms with Crippen LogP contribution in [-0.2, 0) is 10.8 Å². The van der Waals surface area contributed by atoms with Crippen molar-refractivity contribution in [1.82, 2.24) is 15.2 Å². The Hall–Kier alpha value is -2.95. The third kappa shape index (κ3) is 7.82. The van der Waals surface area contributed by atoms with Gasteiger partial charge in [0.25, 0.3) is 0 Å². The second kappa shape index (κ2) is 13.1. The van der Waals surface area contributed by atoms with Crippen molar-refractivity contribution in [1.29, 1.82) is 5.26 Å². The van der Waals surface area contributed by atoms with Crippen molar-refractivity contribution in [3.63, 3.8) is 0 Å². The van der Waals surface area contributed by atoms with E-state index >= 15 is 0 Å². The molecule has 1 N–H and O–H groups in total. The van der Waals surface area contributed by atoms with Gasteiger partial charge in [-0.2, -0.15) is 5.26 Å². The molecule has 0 bridgehead atoms. The van der Waals surface area contributed by atoms with Crippen LogP contribution in [0.5, 0.6) is 5.75 Å². The van der Waals surface area contributed by atoms with E-state index < -0.39 is 10.8 Å². The molecule has 0 radical (unpaired) electrons. The molecular formula is C27H34N4O2S. The number of nitrogens with one attached hydrogen (secondary N) is 1. The van der Waals surface area contributed by atoms with Crippen LogP contribution >= 0.6 is 0 Å². The molecule has 180 valence electrons. The molecule has 0 spiro atoms. The van der Waals surface area contributed by atoms with E-state index in [0.29, 0.717) is 17.9 Å². The van der Waals surface area contributed by atoms with E-state index in [0.717, 1.165) is 66.7 Å². The van der Waals surface area contributed by atoms with Gasteiger partial charge in [0.15, 0.2) is 0 Å². The predicted octanol–water partition coefficient (Wildman–Crippen LogP) is 4.38. The van der Waals surface area contributed by atoms with Crippen molar-refractivity contribution >= 4 is 16.9 Å². The van der Waals surface area contributed by atoms with Gasteiger partial charge in [0.2, 0.25) is 0 Å². The molecule has 1 aromatic carbocycles. The van der Waals surface area contributed by atoms with Crippen LogP contribution in [0.4, 0.5) is 0 Å². The minimum absolute atomic E-state index is 0.0444. The summed E-state index contributed by atoms with van der Waals surface area (Å²) in [6.07, 6.45) is 3.67. The van der Waals surface area contributed by atoms with Crippen LogP contribution in [0.15, 0.2) is 60.3 Å². The third-order valence-corrected chi connectivity index (χ3v) is 7.08. The molecule has 1 atom stereocenters. The number of nitrogens with zero attached hydrogens (tertiary/aromatic N) is 3. The van der Waals surface area contributed by atoms with Crippen molar-refractivity contribution in [2.75, 3.05) is 37.7 Å². The highest BCUT2D eigenvalue weighted by molar-refractivity contribution is 7.85. The maximum absolute atomic E-state index is 11.5. The molecule has 1 aliphatic rings. The zero-order chi connectivity index (χ0) is 24.3. The summed E-state index contributed by atoms with van der Waals surface area (Å²) in [5.41, 5.74) is 3.83. The standard InChI is InChI=1S/C27H34N4O2S/c1-4-6-27(30-22(3)24(20-28)19-25-8-5-7-21(2)29-25)23-9-11-26(12-10-23)33-16-13-31-14-17-34(32)18-15-31/h5,7-12,19,27,30H,3-4,6,13-18H2,1-2H3/b24-19+. The Kier molecular flexibility index (Phi) is 9.87. The van der Waals surface area contributed by atoms with Crippen LogP contribution < -0.4 is 10.1 Å². The van der Waals surface area contributed by atoms with E-state index in [1.807, 2.05) is 37.3 Å². The summed E-state index contributed by atoms with van der Waals surface area (Å²) in [7, 11) is -0.650. The topological polar surface area (TPSA) is 78.2 Å². The van der Waals surface area contributed by atoms with Gasteiger partial charge in [0, 0.05) is 53.3 Å². The molecule has 6 nitrogen and oxygen atoms in total. The average Bonchev–Trinajstić information content (AvgIpc) is 2.84. The largest absolute Gasteiger partial charge is 0.492 e. The minimum Gasteiger partial charge on any atom is -0.492 e. The van der Waals surface area contributed by atoms with E-state index in [1.165, 1.54) is 0 Å². The van der Waals surface area contributed by atoms with E-state index in [2.05, 4.69) is 46.9 Å². The van der Waals surface area contributed by atoms with Gasteiger partial charge in [-0.1, -0.05) is 38.1 Å². The summed E-state index contributed by atoms with van der Waals surface area (Å²) < 4.78 is 17.4. The number of pyridine rings is 1. The molecule has 1 fully saturated rings. The molecule has 2 aromatic rings. The molecule has 7 heteroatoms. The monoisotopic (exact) mass is 478 g/mol. The molecule has 1 saturated heterocycles. The predicted molar refractivity (Wildman–Crippen MR) is 139 cm³/mol. The van der Waals surface area contributed by atoms with E-state index in [-0.39, 0.29) is 6.04 Å². The van der Waals surface area contributed by atoms with Gasteiger partial charge in [0.05, 0.1) is 17.3 Å². The number of aromatic nitrogens is 1. The second-order valence-electron chi connectivity index (χ2n) is 8.45. The van der Waals surface area contributed by atoms with Crippen molar-refractivity contribution in [2.24, 2.45) is 0 Å². The molecule has 0 saturated carbocycles. The Labute approximate surface area is 205 Å². The summed E-state index contributed by atoms with van der Waals surface area (Å²) in [6.45, 7) is 11.4. The first-order valence-corrected chi connectivity index (χ1v) is 13.3. The number of ether oxygens (including phenoxy) is 1. The van der Waals surface area contributed by atoms with Gasteiger partial charge in [-0.15, -0.1) is 0 Å². The Morgan fingerprint density at radius 2 is 2.03 bits per heavy atom. The Morgan fingerprint density at radius 3 is 2.68 bits per heavy atom. The molecule has 0 amide bonds. The summed E-state index contributed by atoms with van der Waals surface area (Å²) >= 11 is 0. The van der Waals surface area contributed by atoms with Gasteiger partial charge >= 0.3 is 0 Å². The first kappa shape index (κ1) is 25.7. The van der Waals surface area contributed by atoms with Gasteiger partial charge in [-0.25, -0.2) is 0 Å². The highest BCUT2D eigenvalue weighted by atomic mass is 32.2. The quantitative estimate of drug-likeness (QED) is 0.381. The van der Waals surface area contributed by atoms with E-state index in [1.54, 1.807) is 6.08 Å². The maximum atomic E-state index is 11.5. The van der Waals surface area contributed by atoms with Crippen LogP contribution in [0.2, 0.25) is 0 Å². The van der Waals surface area contributed by atoms with E-state index in [9.17, 15) is 9.47 Å². The van der Waals surface area contributed by atoms with Crippen LogP contribution in [-0.4, -0.2) is 51.8 Å². The molecule has 2 heterocycles. The molecule has 3 rings (SSSR count). The Balaban J connectivity index is 1.58. The van der Waals surface area contributed by atoms with Crippen molar-refractivity contribution in [3.8, 4) is 11.8 Å². The lowest BCUT2D eigenvalue weighted by molar-refractivity contribution is 0.221.